The van der Waals surface area contributed by atoms with Crippen molar-refractivity contribution in [2.75, 3.05) is 34.0 Å². The predicted octanol–water partition coefficient (Wildman–Crippen LogP) is -0.830. The molecule has 2 heterocycles. The van der Waals surface area contributed by atoms with Gasteiger partial charge in [-0.3, -0.25) is 4.55 Å². The Morgan fingerprint density at radius 2 is 2.05 bits per heavy atom. The van der Waals surface area contributed by atoms with E-state index >= 15 is 0 Å². The van der Waals surface area contributed by atoms with Crippen molar-refractivity contribution in [3.8, 4) is 0 Å². The molecule has 2 aliphatic rings. The monoisotopic (exact) mass is 346 g/mol. The van der Waals surface area contributed by atoms with E-state index in [0.29, 0.717) is 18.1 Å². The summed E-state index contributed by atoms with van der Waals surface area (Å²) >= 11 is 0. The second kappa shape index (κ2) is 8.06. The molecular formula is C11H19N2NaO7S. The number of hydroxylamine groups is 2. The molecule has 1 saturated heterocycles. The molecule has 0 aliphatic carbocycles. The summed E-state index contributed by atoms with van der Waals surface area (Å²) in [6.45, 7) is 1.03. The minimum absolute atomic E-state index is 0. The van der Waals surface area contributed by atoms with Crippen LogP contribution in [0.3, 0.4) is 0 Å². The van der Waals surface area contributed by atoms with Crippen LogP contribution in [-0.2, 0) is 24.2 Å². The van der Waals surface area contributed by atoms with Crippen molar-refractivity contribution in [2.24, 2.45) is 0 Å². The molecule has 1 N–H and O–H groups in total. The van der Waals surface area contributed by atoms with E-state index in [1.54, 1.807) is 13.2 Å². The van der Waals surface area contributed by atoms with E-state index in [1.165, 1.54) is 12.0 Å². The summed E-state index contributed by atoms with van der Waals surface area (Å²) < 4.78 is 45.0. The van der Waals surface area contributed by atoms with Crippen LogP contribution in [-0.4, -0.2) is 105 Å². The number of ether oxygens (including phenoxy) is 2. The van der Waals surface area contributed by atoms with Crippen molar-refractivity contribution in [1.82, 2.24) is 9.96 Å². The van der Waals surface area contributed by atoms with E-state index in [2.05, 4.69) is 4.28 Å². The van der Waals surface area contributed by atoms with Crippen LogP contribution >= 0.6 is 0 Å². The summed E-state index contributed by atoms with van der Waals surface area (Å²) in [4.78, 5) is 13.7. The Morgan fingerprint density at radius 1 is 1.36 bits per heavy atom. The first-order valence-electron chi connectivity index (χ1n) is 6.32. The minimum atomic E-state index is -4.75. The van der Waals surface area contributed by atoms with Crippen molar-refractivity contribution in [2.45, 2.75) is 18.5 Å². The topological polar surface area (TPSA) is 106 Å². The molecular weight excluding hydrogens is 327 g/mol. The van der Waals surface area contributed by atoms with Crippen LogP contribution in [0.1, 0.15) is 6.42 Å². The van der Waals surface area contributed by atoms with E-state index in [-0.39, 0.29) is 48.8 Å². The van der Waals surface area contributed by atoms with Crippen molar-refractivity contribution in [3.05, 3.63) is 11.6 Å². The van der Waals surface area contributed by atoms with Crippen molar-refractivity contribution in [3.63, 3.8) is 0 Å². The number of hydrogen-bond donors (Lipinski definition) is 1. The first-order chi connectivity index (χ1) is 9.87. The van der Waals surface area contributed by atoms with Gasteiger partial charge in [-0.05, 0) is 12.0 Å². The number of carbonyl (C=O) groups excluding carboxylic acids is 1. The maximum absolute atomic E-state index is 12.2. The van der Waals surface area contributed by atoms with Gasteiger partial charge in [0.15, 0.2) is 0 Å². The second-order valence-electron chi connectivity index (χ2n) is 4.79. The Balaban J connectivity index is 0.00000242. The van der Waals surface area contributed by atoms with Gasteiger partial charge in [0.1, 0.15) is 0 Å². The summed E-state index contributed by atoms with van der Waals surface area (Å²) in [7, 11) is -1.66. The normalized spacial score (nSPS) is 24.3. The Labute approximate surface area is 151 Å². The number of fused-ring (bicyclic) bond motifs is 2. The SMILES string of the molecule is COCCC1=CC2CN(C(=O)N2OS(=O)(=O)O)C1COC.[NaH]. The molecule has 122 valence electrons. The van der Waals surface area contributed by atoms with Gasteiger partial charge in [-0.1, -0.05) is 6.08 Å². The molecule has 2 unspecified atom stereocenters. The van der Waals surface area contributed by atoms with E-state index in [1.807, 2.05) is 0 Å². The van der Waals surface area contributed by atoms with Gasteiger partial charge >= 0.3 is 46.0 Å². The third-order valence-corrected chi connectivity index (χ3v) is 3.77. The van der Waals surface area contributed by atoms with Crippen LogP contribution in [0, 0.1) is 0 Å². The van der Waals surface area contributed by atoms with Crippen molar-refractivity contribution in [1.29, 1.82) is 0 Å². The van der Waals surface area contributed by atoms with Gasteiger partial charge < -0.3 is 14.4 Å². The molecule has 22 heavy (non-hydrogen) atoms. The average Bonchev–Trinajstić information content (AvgIpc) is 2.64. The van der Waals surface area contributed by atoms with Gasteiger partial charge in [-0.15, -0.1) is 4.28 Å². The summed E-state index contributed by atoms with van der Waals surface area (Å²) in [5.74, 6) is 0. The number of carbonyl (C=O) groups is 1. The Hall–Kier alpha value is -0.200. The zero-order chi connectivity index (χ0) is 15.6. The quantitative estimate of drug-likeness (QED) is 0.364. The van der Waals surface area contributed by atoms with Crippen LogP contribution in [0.4, 0.5) is 4.79 Å². The standard InChI is InChI=1S/C11H18N2O7S.Na.H/c1-18-4-3-8-5-9-6-12(10(8)7-19-2)11(14)13(9)20-21(15,16)17;;/h5,9-10H,3-4,6-7H2,1-2H3,(H,15,16,17);;. The van der Waals surface area contributed by atoms with Crippen molar-refractivity contribution >= 4 is 46.0 Å². The van der Waals surface area contributed by atoms with Crippen LogP contribution in [0.25, 0.3) is 0 Å². The van der Waals surface area contributed by atoms with Crippen molar-refractivity contribution < 1.29 is 31.5 Å². The molecule has 2 amide bonds. The maximum atomic E-state index is 12.2. The molecule has 0 aromatic heterocycles. The molecule has 2 rings (SSSR count). The molecule has 1 fully saturated rings. The third kappa shape index (κ3) is 4.42. The number of urea groups is 1. The Morgan fingerprint density at radius 3 is 2.59 bits per heavy atom. The summed E-state index contributed by atoms with van der Waals surface area (Å²) in [5, 5.41) is 0.664. The zero-order valence-electron chi connectivity index (χ0n) is 11.8. The van der Waals surface area contributed by atoms with Gasteiger partial charge in [0.25, 0.3) is 0 Å². The van der Waals surface area contributed by atoms with Gasteiger partial charge in [-0.25, -0.2) is 4.79 Å². The van der Waals surface area contributed by atoms with Gasteiger partial charge in [0.2, 0.25) is 0 Å². The average molecular weight is 346 g/mol. The first kappa shape index (κ1) is 19.8. The fraction of sp³-hybridized carbons (Fsp3) is 0.727. The molecule has 11 heteroatoms. The first-order valence-corrected chi connectivity index (χ1v) is 7.69. The van der Waals surface area contributed by atoms with E-state index in [9.17, 15) is 13.2 Å². The van der Waals surface area contributed by atoms with Crippen LogP contribution in [0.5, 0.6) is 0 Å². The number of amides is 2. The summed E-state index contributed by atoms with van der Waals surface area (Å²) in [5.41, 5.74) is 0.907. The summed E-state index contributed by atoms with van der Waals surface area (Å²) in [6.07, 6.45) is 2.35. The van der Waals surface area contributed by atoms with E-state index < -0.39 is 22.5 Å². The molecule has 9 nitrogen and oxygen atoms in total. The number of hydrogen-bond acceptors (Lipinski definition) is 6. The summed E-state index contributed by atoms with van der Waals surface area (Å²) in [6, 6.07) is -1.49. The Bertz CT molecular complexity index is 539. The molecule has 2 aliphatic heterocycles. The molecule has 0 radical (unpaired) electrons. The fourth-order valence-electron chi connectivity index (χ4n) is 2.57. The molecule has 0 aromatic carbocycles. The molecule has 0 saturated carbocycles. The number of methoxy groups -OCH3 is 2. The number of nitrogens with zero attached hydrogens (tertiary/aromatic N) is 2. The van der Waals surface area contributed by atoms with Gasteiger partial charge in [-0.2, -0.15) is 13.5 Å². The van der Waals surface area contributed by atoms with E-state index in [0.717, 1.165) is 5.57 Å². The molecule has 2 bridgehead atoms. The third-order valence-electron chi connectivity index (χ3n) is 3.42. The number of rotatable bonds is 7. The molecule has 2 atom stereocenters. The van der Waals surface area contributed by atoms with E-state index in [4.69, 9.17) is 14.0 Å². The van der Waals surface area contributed by atoms with Crippen LogP contribution < -0.4 is 0 Å². The Kier molecular flexibility index (Phi) is 7.27. The van der Waals surface area contributed by atoms with Gasteiger partial charge in [0, 0.05) is 27.4 Å². The zero-order valence-corrected chi connectivity index (χ0v) is 12.6. The van der Waals surface area contributed by atoms with Gasteiger partial charge in [0.05, 0.1) is 18.7 Å². The second-order valence-corrected chi connectivity index (χ2v) is 5.79. The molecule has 0 aromatic rings. The van der Waals surface area contributed by atoms with Crippen LogP contribution in [0.15, 0.2) is 11.6 Å². The fourth-order valence-corrected chi connectivity index (χ4v) is 2.95. The predicted molar refractivity (Wildman–Crippen MR) is 77.8 cm³/mol. The van der Waals surface area contributed by atoms with Crippen LogP contribution in [0.2, 0.25) is 0 Å². The molecule has 0 spiro atoms.